The van der Waals surface area contributed by atoms with Gasteiger partial charge in [-0.1, -0.05) is 15.9 Å². The van der Waals surface area contributed by atoms with Crippen LogP contribution < -0.4 is 5.73 Å². The summed E-state index contributed by atoms with van der Waals surface area (Å²) in [5.74, 6) is -0.190. The van der Waals surface area contributed by atoms with Crippen LogP contribution in [0.3, 0.4) is 0 Å². The first-order chi connectivity index (χ1) is 6.00. The SMILES string of the molecule is Cl.N=C(N)c1cc(Br)cc([N+](=O)[O-])c1. The Hall–Kier alpha value is -1.14. The zero-order chi connectivity index (χ0) is 10.0. The topological polar surface area (TPSA) is 93.0 Å². The van der Waals surface area contributed by atoms with Crippen molar-refractivity contribution in [2.24, 2.45) is 5.73 Å². The summed E-state index contributed by atoms with van der Waals surface area (Å²) in [5.41, 5.74) is 5.44. The molecule has 0 spiro atoms. The number of halogens is 2. The second-order valence-electron chi connectivity index (χ2n) is 2.37. The van der Waals surface area contributed by atoms with Gasteiger partial charge in [-0.15, -0.1) is 12.4 Å². The predicted octanol–water partition coefficient (Wildman–Crippen LogP) is 2.06. The number of nitrogen functional groups attached to an aromatic ring is 1. The number of nitro groups is 1. The van der Waals surface area contributed by atoms with Crippen molar-refractivity contribution in [1.29, 1.82) is 5.41 Å². The van der Waals surface area contributed by atoms with Gasteiger partial charge in [-0.05, 0) is 6.07 Å². The number of nitrogens with two attached hydrogens (primary N) is 1. The molecular formula is C7H7BrClN3O2. The number of hydrogen-bond donors (Lipinski definition) is 2. The van der Waals surface area contributed by atoms with Crippen molar-refractivity contribution in [1.82, 2.24) is 0 Å². The van der Waals surface area contributed by atoms with E-state index in [0.29, 0.717) is 10.0 Å². The summed E-state index contributed by atoms with van der Waals surface area (Å²) in [7, 11) is 0. The number of rotatable bonds is 2. The molecule has 3 N–H and O–H groups in total. The fourth-order valence-electron chi connectivity index (χ4n) is 0.835. The van der Waals surface area contributed by atoms with Gasteiger partial charge in [0.2, 0.25) is 0 Å². The smallest absolute Gasteiger partial charge is 0.271 e. The van der Waals surface area contributed by atoms with Crippen LogP contribution in [0.25, 0.3) is 0 Å². The van der Waals surface area contributed by atoms with Crippen molar-refractivity contribution in [3.63, 3.8) is 0 Å². The Kier molecular flexibility index (Phi) is 4.52. The number of amidine groups is 1. The maximum Gasteiger partial charge on any atom is 0.271 e. The standard InChI is InChI=1S/C7H6BrN3O2.ClH/c8-5-1-4(7(9)10)2-6(3-5)11(12)13;/h1-3H,(H3,9,10);1H. The van der Waals surface area contributed by atoms with E-state index >= 15 is 0 Å². The highest BCUT2D eigenvalue weighted by Crippen LogP contribution is 2.20. The van der Waals surface area contributed by atoms with Crippen molar-refractivity contribution in [2.75, 3.05) is 0 Å². The summed E-state index contributed by atoms with van der Waals surface area (Å²) >= 11 is 3.09. The average Bonchev–Trinajstić information content (AvgIpc) is 2.03. The summed E-state index contributed by atoms with van der Waals surface area (Å²) < 4.78 is 0.534. The first kappa shape index (κ1) is 12.9. The van der Waals surface area contributed by atoms with Gasteiger partial charge in [0, 0.05) is 22.2 Å². The van der Waals surface area contributed by atoms with Crippen LogP contribution in [0.1, 0.15) is 5.56 Å². The minimum atomic E-state index is -0.531. The monoisotopic (exact) mass is 279 g/mol. The van der Waals surface area contributed by atoms with E-state index in [4.69, 9.17) is 11.1 Å². The van der Waals surface area contributed by atoms with Gasteiger partial charge in [-0.25, -0.2) is 0 Å². The van der Waals surface area contributed by atoms with Crippen LogP contribution in [0.2, 0.25) is 0 Å². The number of benzene rings is 1. The van der Waals surface area contributed by atoms with Crippen LogP contribution in [0.4, 0.5) is 5.69 Å². The number of nitro benzene ring substituents is 1. The fraction of sp³-hybridized carbons (Fsp3) is 0. The van der Waals surface area contributed by atoms with E-state index in [1.54, 1.807) is 6.07 Å². The number of nitrogens with zero attached hydrogens (tertiary/aromatic N) is 1. The molecule has 1 aromatic rings. The molecule has 1 rings (SSSR count). The molecule has 0 amide bonds. The van der Waals surface area contributed by atoms with Crippen molar-refractivity contribution in [3.05, 3.63) is 38.3 Å². The maximum absolute atomic E-state index is 10.4. The highest BCUT2D eigenvalue weighted by Gasteiger charge is 2.09. The zero-order valence-electron chi connectivity index (χ0n) is 6.86. The van der Waals surface area contributed by atoms with Gasteiger partial charge < -0.3 is 5.73 Å². The first-order valence-corrected chi connectivity index (χ1v) is 4.09. The van der Waals surface area contributed by atoms with Crippen LogP contribution >= 0.6 is 28.3 Å². The lowest BCUT2D eigenvalue weighted by molar-refractivity contribution is -0.384. The highest BCUT2D eigenvalue weighted by atomic mass is 79.9. The zero-order valence-corrected chi connectivity index (χ0v) is 9.26. The Morgan fingerprint density at radius 2 is 2.07 bits per heavy atom. The maximum atomic E-state index is 10.4. The van der Waals surface area contributed by atoms with Crippen LogP contribution in [0, 0.1) is 15.5 Å². The minimum Gasteiger partial charge on any atom is -0.384 e. The van der Waals surface area contributed by atoms with Crippen LogP contribution in [-0.2, 0) is 0 Å². The minimum absolute atomic E-state index is 0. The Bertz CT molecular complexity index is 351. The van der Waals surface area contributed by atoms with E-state index in [2.05, 4.69) is 15.9 Å². The Morgan fingerprint density at radius 1 is 1.50 bits per heavy atom. The molecule has 0 aromatic heterocycles. The summed E-state index contributed by atoms with van der Waals surface area (Å²) in [6, 6.07) is 4.16. The molecule has 0 heterocycles. The summed E-state index contributed by atoms with van der Waals surface area (Å²) in [6.07, 6.45) is 0. The third kappa shape index (κ3) is 2.97. The molecule has 1 aromatic carbocycles. The fourth-order valence-corrected chi connectivity index (χ4v) is 1.32. The van der Waals surface area contributed by atoms with Crippen LogP contribution in [-0.4, -0.2) is 10.8 Å². The molecule has 0 aliphatic carbocycles. The van der Waals surface area contributed by atoms with Crippen LogP contribution in [0.15, 0.2) is 22.7 Å². The predicted molar refractivity (Wildman–Crippen MR) is 59.1 cm³/mol. The molecule has 76 valence electrons. The van der Waals surface area contributed by atoms with Crippen LogP contribution in [0.5, 0.6) is 0 Å². The molecule has 5 nitrogen and oxygen atoms in total. The molecule has 0 bridgehead atoms. The molecule has 0 atom stereocenters. The van der Waals surface area contributed by atoms with Crippen molar-refractivity contribution >= 4 is 39.9 Å². The summed E-state index contributed by atoms with van der Waals surface area (Å²) in [4.78, 5) is 9.87. The van der Waals surface area contributed by atoms with Gasteiger partial charge in [0.25, 0.3) is 5.69 Å². The van der Waals surface area contributed by atoms with Gasteiger partial charge >= 0.3 is 0 Å². The van der Waals surface area contributed by atoms with Crippen molar-refractivity contribution in [3.8, 4) is 0 Å². The lowest BCUT2D eigenvalue weighted by atomic mass is 10.2. The lowest BCUT2D eigenvalue weighted by Crippen LogP contribution is -2.11. The molecule has 7 heteroatoms. The third-order valence-electron chi connectivity index (χ3n) is 1.40. The largest absolute Gasteiger partial charge is 0.384 e. The van der Waals surface area contributed by atoms with Gasteiger partial charge in [0.1, 0.15) is 5.84 Å². The Morgan fingerprint density at radius 3 is 2.50 bits per heavy atom. The normalized spacial score (nSPS) is 8.93. The number of non-ortho nitro benzene ring substituents is 1. The van der Waals surface area contributed by atoms with E-state index in [1.807, 2.05) is 0 Å². The second-order valence-corrected chi connectivity index (χ2v) is 3.28. The van der Waals surface area contributed by atoms with Gasteiger partial charge in [0.05, 0.1) is 4.92 Å². The molecule has 0 saturated carbocycles. The number of nitrogens with one attached hydrogen (secondary N) is 1. The second kappa shape index (κ2) is 4.92. The lowest BCUT2D eigenvalue weighted by Gasteiger charge is -1.99. The molecule has 0 fully saturated rings. The summed E-state index contributed by atoms with van der Waals surface area (Å²) in [5, 5.41) is 17.5. The molecule has 0 unspecified atom stereocenters. The highest BCUT2D eigenvalue weighted by molar-refractivity contribution is 9.10. The van der Waals surface area contributed by atoms with Crippen molar-refractivity contribution < 1.29 is 4.92 Å². The average molecular weight is 281 g/mol. The molecular weight excluding hydrogens is 273 g/mol. The molecule has 0 radical (unpaired) electrons. The molecule has 14 heavy (non-hydrogen) atoms. The Balaban J connectivity index is 0.00000169. The molecule has 0 aliphatic rings. The van der Waals surface area contributed by atoms with E-state index in [-0.39, 0.29) is 23.9 Å². The quantitative estimate of drug-likeness (QED) is 0.376. The van der Waals surface area contributed by atoms with E-state index in [0.717, 1.165) is 0 Å². The van der Waals surface area contributed by atoms with E-state index in [1.165, 1.54) is 12.1 Å². The van der Waals surface area contributed by atoms with Gasteiger partial charge in [-0.3, -0.25) is 15.5 Å². The first-order valence-electron chi connectivity index (χ1n) is 3.30. The molecule has 0 aliphatic heterocycles. The molecule has 0 saturated heterocycles. The van der Waals surface area contributed by atoms with Gasteiger partial charge in [-0.2, -0.15) is 0 Å². The Labute approximate surface area is 94.5 Å². The number of hydrogen-bond acceptors (Lipinski definition) is 3. The van der Waals surface area contributed by atoms with E-state index in [9.17, 15) is 10.1 Å². The van der Waals surface area contributed by atoms with E-state index < -0.39 is 4.92 Å². The van der Waals surface area contributed by atoms with Gasteiger partial charge in [0.15, 0.2) is 0 Å². The third-order valence-corrected chi connectivity index (χ3v) is 1.86. The summed E-state index contributed by atoms with van der Waals surface area (Å²) in [6.45, 7) is 0. The van der Waals surface area contributed by atoms with Crippen molar-refractivity contribution in [2.45, 2.75) is 0 Å².